The van der Waals surface area contributed by atoms with Crippen molar-refractivity contribution in [3.05, 3.63) is 176 Å². The topological polar surface area (TPSA) is 14.8 Å². The third-order valence-corrected chi connectivity index (χ3v) is 12.2. The molecule has 4 heterocycles. The number of fused-ring (bicyclic) bond motifs is 13. The summed E-state index contributed by atoms with van der Waals surface area (Å²) in [6.07, 6.45) is 0. The molecule has 0 spiro atoms. The molecule has 0 bridgehead atoms. The molecule has 0 aliphatic carbocycles. The summed E-state index contributed by atoms with van der Waals surface area (Å²) >= 11 is 1.90. The lowest BCUT2D eigenvalue weighted by Gasteiger charge is -2.13. The standard InChI is InChI=1S/C48H29N3S/c1-6-19-40-33(14-1)34-15-2-7-20-41(34)49(40)30-12-11-13-31(28-30)51-44-26-24-32(50-42-21-8-3-16-35(42)36-17-4-9-22-43(36)50)29-39(44)47-45(51)27-25-38-37-18-5-10-23-46(37)52-48(38)47/h1-29H. The predicted octanol–water partition coefficient (Wildman–Crippen LogP) is 13.3. The van der Waals surface area contributed by atoms with Crippen molar-refractivity contribution in [1.29, 1.82) is 0 Å². The third kappa shape index (κ3) is 3.74. The zero-order chi connectivity index (χ0) is 33.9. The summed E-state index contributed by atoms with van der Waals surface area (Å²) in [6, 6.07) is 64.6. The van der Waals surface area contributed by atoms with Crippen LogP contribution >= 0.6 is 11.3 Å². The molecule has 0 unspecified atom stereocenters. The second-order valence-corrected chi connectivity index (χ2v) is 14.8. The Bertz CT molecular complexity index is 3320. The van der Waals surface area contributed by atoms with E-state index in [0.29, 0.717) is 0 Å². The minimum absolute atomic E-state index is 1.14. The maximum Gasteiger partial charge on any atom is 0.0555 e. The number of benzene rings is 8. The van der Waals surface area contributed by atoms with Crippen molar-refractivity contribution in [3.8, 4) is 17.1 Å². The van der Waals surface area contributed by atoms with Crippen molar-refractivity contribution in [2.24, 2.45) is 0 Å². The summed E-state index contributed by atoms with van der Waals surface area (Å²) in [4.78, 5) is 0. The molecule has 0 N–H and O–H groups in total. The van der Waals surface area contributed by atoms with E-state index < -0.39 is 0 Å². The monoisotopic (exact) mass is 679 g/mol. The van der Waals surface area contributed by atoms with Crippen molar-refractivity contribution < 1.29 is 0 Å². The van der Waals surface area contributed by atoms with Gasteiger partial charge in [-0.25, -0.2) is 0 Å². The van der Waals surface area contributed by atoms with Gasteiger partial charge in [0.1, 0.15) is 0 Å². The Labute approximate surface area is 302 Å². The minimum Gasteiger partial charge on any atom is -0.309 e. The number of thiophene rings is 1. The summed E-state index contributed by atoms with van der Waals surface area (Å²) < 4.78 is 9.97. The zero-order valence-electron chi connectivity index (χ0n) is 28.0. The molecule has 0 radical (unpaired) electrons. The number of para-hydroxylation sites is 4. The normalized spacial score (nSPS) is 12.2. The molecule has 12 rings (SSSR count). The van der Waals surface area contributed by atoms with Gasteiger partial charge in [-0.05, 0) is 72.8 Å². The van der Waals surface area contributed by atoms with E-state index in [-0.39, 0.29) is 0 Å². The molecule has 12 aromatic rings. The van der Waals surface area contributed by atoms with Gasteiger partial charge in [0.15, 0.2) is 0 Å². The van der Waals surface area contributed by atoms with Gasteiger partial charge in [0.25, 0.3) is 0 Å². The van der Waals surface area contributed by atoms with Crippen LogP contribution in [0, 0.1) is 0 Å². The third-order valence-electron chi connectivity index (χ3n) is 11.0. The summed E-state index contributed by atoms with van der Waals surface area (Å²) in [6.45, 7) is 0. The van der Waals surface area contributed by atoms with Gasteiger partial charge in [0, 0.05) is 69.6 Å². The van der Waals surface area contributed by atoms with Crippen LogP contribution in [0.2, 0.25) is 0 Å². The highest BCUT2D eigenvalue weighted by atomic mass is 32.1. The van der Waals surface area contributed by atoms with Crippen molar-refractivity contribution in [3.63, 3.8) is 0 Å². The Morgan fingerprint density at radius 2 is 0.731 bits per heavy atom. The molecule has 0 fully saturated rings. The lowest BCUT2D eigenvalue weighted by Crippen LogP contribution is -1.99. The summed E-state index contributed by atoms with van der Waals surface area (Å²) in [5.74, 6) is 0. The van der Waals surface area contributed by atoms with E-state index in [9.17, 15) is 0 Å². The first-order valence-electron chi connectivity index (χ1n) is 17.8. The van der Waals surface area contributed by atoms with Crippen molar-refractivity contribution in [1.82, 2.24) is 13.7 Å². The lowest BCUT2D eigenvalue weighted by molar-refractivity contribution is 1.13. The van der Waals surface area contributed by atoms with Crippen LogP contribution in [-0.4, -0.2) is 13.7 Å². The summed E-state index contributed by atoms with van der Waals surface area (Å²) in [5.41, 5.74) is 10.7. The number of hydrogen-bond donors (Lipinski definition) is 0. The maximum absolute atomic E-state index is 2.47. The summed E-state index contributed by atoms with van der Waals surface area (Å²) in [7, 11) is 0. The molecule has 52 heavy (non-hydrogen) atoms. The molecular weight excluding hydrogens is 651 g/mol. The molecule has 0 saturated heterocycles. The molecule has 0 aliphatic heterocycles. The molecule has 0 saturated carbocycles. The first-order valence-corrected chi connectivity index (χ1v) is 18.6. The van der Waals surface area contributed by atoms with E-state index in [1.165, 1.54) is 91.3 Å². The lowest BCUT2D eigenvalue weighted by atomic mass is 10.1. The molecule has 242 valence electrons. The van der Waals surface area contributed by atoms with Crippen LogP contribution in [0.15, 0.2) is 176 Å². The molecule has 4 heteroatoms. The van der Waals surface area contributed by atoms with Gasteiger partial charge < -0.3 is 13.7 Å². The fraction of sp³-hybridized carbons (Fsp3) is 0. The Morgan fingerprint density at radius 3 is 1.31 bits per heavy atom. The van der Waals surface area contributed by atoms with Crippen molar-refractivity contribution in [2.75, 3.05) is 0 Å². The molecular formula is C48H29N3S. The van der Waals surface area contributed by atoms with Crippen LogP contribution in [0.4, 0.5) is 0 Å². The van der Waals surface area contributed by atoms with E-state index in [0.717, 1.165) is 11.4 Å². The van der Waals surface area contributed by atoms with E-state index in [2.05, 4.69) is 190 Å². The van der Waals surface area contributed by atoms with Crippen LogP contribution in [0.25, 0.3) is 103 Å². The highest BCUT2D eigenvalue weighted by molar-refractivity contribution is 7.26. The van der Waals surface area contributed by atoms with Crippen LogP contribution in [-0.2, 0) is 0 Å². The number of nitrogens with zero attached hydrogens (tertiary/aromatic N) is 3. The zero-order valence-corrected chi connectivity index (χ0v) is 28.8. The molecule has 0 aliphatic rings. The maximum atomic E-state index is 2.47. The van der Waals surface area contributed by atoms with Gasteiger partial charge in [0.2, 0.25) is 0 Å². The largest absolute Gasteiger partial charge is 0.309 e. The quantitative estimate of drug-likeness (QED) is 0.177. The highest BCUT2D eigenvalue weighted by Crippen LogP contribution is 2.44. The molecule has 0 atom stereocenters. The van der Waals surface area contributed by atoms with E-state index in [1.54, 1.807) is 0 Å². The van der Waals surface area contributed by atoms with Crippen molar-refractivity contribution in [2.45, 2.75) is 0 Å². The first-order chi connectivity index (χ1) is 25.8. The second kappa shape index (κ2) is 10.5. The second-order valence-electron chi connectivity index (χ2n) is 13.7. The van der Waals surface area contributed by atoms with Crippen LogP contribution in [0.3, 0.4) is 0 Å². The summed E-state index contributed by atoms with van der Waals surface area (Å²) in [5, 5.41) is 10.3. The van der Waals surface area contributed by atoms with E-state index in [1.807, 2.05) is 11.3 Å². The highest BCUT2D eigenvalue weighted by Gasteiger charge is 2.20. The van der Waals surface area contributed by atoms with E-state index in [4.69, 9.17) is 0 Å². The molecule has 8 aromatic carbocycles. The predicted molar refractivity (Wildman–Crippen MR) is 222 cm³/mol. The Morgan fingerprint density at radius 1 is 0.288 bits per heavy atom. The number of hydrogen-bond acceptors (Lipinski definition) is 1. The van der Waals surface area contributed by atoms with Gasteiger partial charge in [-0.3, -0.25) is 0 Å². The van der Waals surface area contributed by atoms with Crippen molar-refractivity contribution >= 4 is 96.9 Å². The Balaban J connectivity index is 1.18. The average Bonchev–Trinajstić information content (AvgIpc) is 3.94. The number of rotatable bonds is 3. The van der Waals surface area contributed by atoms with Gasteiger partial charge in [-0.2, -0.15) is 0 Å². The fourth-order valence-corrected chi connectivity index (χ4v) is 10.1. The van der Waals surface area contributed by atoms with Gasteiger partial charge in [0.05, 0.1) is 33.1 Å². The molecule has 4 aromatic heterocycles. The van der Waals surface area contributed by atoms with Gasteiger partial charge in [-0.1, -0.05) is 103 Å². The molecule has 3 nitrogen and oxygen atoms in total. The van der Waals surface area contributed by atoms with Crippen LogP contribution < -0.4 is 0 Å². The van der Waals surface area contributed by atoms with Crippen LogP contribution in [0.1, 0.15) is 0 Å². The minimum atomic E-state index is 1.14. The molecule has 0 amide bonds. The first kappa shape index (κ1) is 28.1. The smallest absolute Gasteiger partial charge is 0.0555 e. The Hall–Kier alpha value is -6.62. The SMILES string of the molecule is c1cc(-n2c3ccccc3c3ccccc32)cc(-n2c3ccc(-n4c5ccccc5c5ccccc54)cc3c3c4sc5ccccc5c4ccc32)c1. The van der Waals surface area contributed by atoms with Crippen LogP contribution in [0.5, 0.6) is 0 Å². The fourth-order valence-electron chi connectivity index (χ4n) is 8.86. The number of aromatic nitrogens is 3. The van der Waals surface area contributed by atoms with E-state index >= 15 is 0 Å². The average molecular weight is 680 g/mol. The van der Waals surface area contributed by atoms with Gasteiger partial charge in [-0.15, -0.1) is 11.3 Å². The van der Waals surface area contributed by atoms with Gasteiger partial charge >= 0.3 is 0 Å². The Kier molecular flexibility index (Phi) is 5.65.